The lowest BCUT2D eigenvalue weighted by atomic mass is 10.2. The predicted molar refractivity (Wildman–Crippen MR) is 60.6 cm³/mol. The Labute approximate surface area is 98.8 Å². The van der Waals surface area contributed by atoms with Gasteiger partial charge in [-0.3, -0.25) is 9.97 Å². The molecule has 2 rings (SSSR count). The molecule has 0 bridgehead atoms. The lowest BCUT2D eigenvalue weighted by Gasteiger charge is -2.03. The molecule has 2 heterocycles. The van der Waals surface area contributed by atoms with Crippen LogP contribution in [-0.2, 0) is 10.0 Å². The van der Waals surface area contributed by atoms with Gasteiger partial charge in [0, 0.05) is 18.9 Å². The van der Waals surface area contributed by atoms with Gasteiger partial charge in [0.15, 0.2) is 0 Å². The Morgan fingerprint density at radius 3 is 2.88 bits per heavy atom. The summed E-state index contributed by atoms with van der Waals surface area (Å²) in [5, 5.41) is -0.139. The molecule has 0 saturated carbocycles. The highest BCUT2D eigenvalue weighted by Crippen LogP contribution is 2.25. The predicted octanol–water partition coefficient (Wildman–Crippen LogP) is 1.03. The summed E-state index contributed by atoms with van der Waals surface area (Å²) in [6.07, 6.45) is 5.80. The van der Waals surface area contributed by atoms with Crippen LogP contribution in [0.2, 0.25) is 0 Å². The molecular formula is C10H11N3O3S. The first kappa shape index (κ1) is 11.7. The van der Waals surface area contributed by atoms with Crippen molar-refractivity contribution in [2.45, 2.75) is 12.0 Å². The Morgan fingerprint density at radius 2 is 2.24 bits per heavy atom. The van der Waals surface area contributed by atoms with Crippen molar-refractivity contribution >= 4 is 10.0 Å². The molecule has 0 aliphatic rings. The Kier molecular flexibility index (Phi) is 3.21. The minimum absolute atomic E-state index is 0.139. The van der Waals surface area contributed by atoms with Crippen molar-refractivity contribution in [3.63, 3.8) is 0 Å². The Morgan fingerprint density at radius 1 is 1.41 bits per heavy atom. The molecule has 0 fully saturated rings. The number of rotatable bonds is 4. The van der Waals surface area contributed by atoms with Gasteiger partial charge in [0.25, 0.3) is 10.0 Å². The van der Waals surface area contributed by atoms with Gasteiger partial charge in [-0.05, 0) is 6.07 Å². The van der Waals surface area contributed by atoms with Crippen LogP contribution in [0.15, 0.2) is 40.4 Å². The number of nitrogens with zero attached hydrogens (tertiary/aromatic N) is 2. The quantitative estimate of drug-likeness (QED) is 0.879. The zero-order valence-corrected chi connectivity index (χ0v) is 9.94. The molecule has 0 amide bonds. The minimum atomic E-state index is -3.63. The maximum atomic E-state index is 11.8. The van der Waals surface area contributed by atoms with E-state index in [0.29, 0.717) is 17.8 Å². The lowest BCUT2D eigenvalue weighted by molar-refractivity contribution is 0.448. The van der Waals surface area contributed by atoms with Crippen molar-refractivity contribution in [3.05, 3.63) is 30.9 Å². The van der Waals surface area contributed by atoms with Crippen molar-refractivity contribution in [1.29, 1.82) is 0 Å². The van der Waals surface area contributed by atoms with E-state index in [2.05, 4.69) is 14.7 Å². The first-order valence-electron chi connectivity index (χ1n) is 4.98. The first-order chi connectivity index (χ1) is 8.15. The van der Waals surface area contributed by atoms with Gasteiger partial charge >= 0.3 is 0 Å². The normalized spacial score (nSPS) is 11.6. The van der Waals surface area contributed by atoms with Crippen molar-refractivity contribution in [2.24, 2.45) is 0 Å². The van der Waals surface area contributed by atoms with Crippen LogP contribution in [0.1, 0.15) is 6.92 Å². The van der Waals surface area contributed by atoms with Gasteiger partial charge in [-0.25, -0.2) is 13.1 Å². The van der Waals surface area contributed by atoms with Gasteiger partial charge in [0.05, 0.1) is 23.7 Å². The summed E-state index contributed by atoms with van der Waals surface area (Å²) >= 11 is 0. The fraction of sp³-hybridized carbons (Fsp3) is 0.200. The van der Waals surface area contributed by atoms with Crippen molar-refractivity contribution in [2.75, 3.05) is 6.54 Å². The Bertz CT molecular complexity index is 592. The topological polar surface area (TPSA) is 85.1 Å². The van der Waals surface area contributed by atoms with Crippen LogP contribution in [0, 0.1) is 0 Å². The third-order valence-corrected chi connectivity index (χ3v) is 3.52. The smallest absolute Gasteiger partial charge is 0.274 e. The molecule has 0 atom stereocenters. The first-order valence-corrected chi connectivity index (χ1v) is 6.47. The zero-order chi connectivity index (χ0) is 12.3. The highest BCUT2D eigenvalue weighted by Gasteiger charge is 2.23. The van der Waals surface area contributed by atoms with E-state index < -0.39 is 10.0 Å². The molecule has 17 heavy (non-hydrogen) atoms. The standard InChI is InChI=1S/C10H11N3O3S/c1-2-13-17(14,15)10-8(3-6-16-10)9-7-11-4-5-12-9/h3-7,13H,2H2,1H3. The summed E-state index contributed by atoms with van der Waals surface area (Å²) in [6, 6.07) is 1.55. The Hall–Kier alpha value is -1.73. The van der Waals surface area contributed by atoms with Gasteiger partial charge < -0.3 is 4.42 Å². The average Bonchev–Trinajstić information content (AvgIpc) is 2.79. The van der Waals surface area contributed by atoms with Gasteiger partial charge in [-0.1, -0.05) is 6.92 Å². The number of hydrogen-bond acceptors (Lipinski definition) is 5. The van der Waals surface area contributed by atoms with Crippen LogP contribution in [0.4, 0.5) is 0 Å². The third-order valence-electron chi connectivity index (χ3n) is 2.05. The molecule has 0 aliphatic heterocycles. The molecule has 0 aliphatic carbocycles. The zero-order valence-electron chi connectivity index (χ0n) is 9.12. The van der Waals surface area contributed by atoms with Crippen LogP contribution >= 0.6 is 0 Å². The molecule has 2 aromatic rings. The van der Waals surface area contributed by atoms with Crippen LogP contribution in [-0.4, -0.2) is 24.9 Å². The summed E-state index contributed by atoms with van der Waals surface area (Å²) < 4.78 is 31.1. The van der Waals surface area contributed by atoms with Crippen LogP contribution in [0.5, 0.6) is 0 Å². The van der Waals surface area contributed by atoms with E-state index in [1.54, 1.807) is 13.0 Å². The number of aromatic nitrogens is 2. The minimum Gasteiger partial charge on any atom is -0.451 e. The molecule has 0 unspecified atom stereocenters. The molecule has 2 aromatic heterocycles. The van der Waals surface area contributed by atoms with Crippen LogP contribution < -0.4 is 4.72 Å². The SMILES string of the molecule is CCNS(=O)(=O)c1occc1-c1cnccn1. The monoisotopic (exact) mass is 253 g/mol. The maximum absolute atomic E-state index is 11.8. The van der Waals surface area contributed by atoms with Gasteiger partial charge in [0.2, 0.25) is 5.09 Å². The van der Waals surface area contributed by atoms with Crippen molar-refractivity contribution in [1.82, 2.24) is 14.7 Å². The van der Waals surface area contributed by atoms with Gasteiger partial charge in [-0.15, -0.1) is 0 Å². The highest BCUT2D eigenvalue weighted by molar-refractivity contribution is 7.89. The molecule has 0 spiro atoms. The summed E-state index contributed by atoms with van der Waals surface area (Å²) in [6.45, 7) is 1.99. The summed E-state index contributed by atoms with van der Waals surface area (Å²) in [4.78, 5) is 7.93. The summed E-state index contributed by atoms with van der Waals surface area (Å²) in [7, 11) is -3.63. The van der Waals surface area contributed by atoms with E-state index in [1.165, 1.54) is 24.9 Å². The van der Waals surface area contributed by atoms with E-state index in [9.17, 15) is 8.42 Å². The maximum Gasteiger partial charge on any atom is 0.274 e. The summed E-state index contributed by atoms with van der Waals surface area (Å²) in [5.41, 5.74) is 0.858. The fourth-order valence-electron chi connectivity index (χ4n) is 1.39. The number of sulfonamides is 1. The average molecular weight is 253 g/mol. The molecule has 90 valence electrons. The van der Waals surface area contributed by atoms with Crippen LogP contribution in [0.3, 0.4) is 0 Å². The fourth-order valence-corrected chi connectivity index (χ4v) is 2.54. The number of furan rings is 1. The van der Waals surface area contributed by atoms with E-state index >= 15 is 0 Å². The number of nitrogens with one attached hydrogen (secondary N) is 1. The molecule has 1 N–H and O–H groups in total. The van der Waals surface area contributed by atoms with Gasteiger partial charge in [0.1, 0.15) is 0 Å². The lowest BCUT2D eigenvalue weighted by Crippen LogP contribution is -2.23. The molecule has 6 nitrogen and oxygen atoms in total. The number of hydrogen-bond donors (Lipinski definition) is 1. The Balaban J connectivity index is 2.50. The molecular weight excluding hydrogens is 242 g/mol. The molecule has 0 saturated heterocycles. The molecule has 7 heteroatoms. The van der Waals surface area contributed by atoms with E-state index in [4.69, 9.17) is 4.42 Å². The van der Waals surface area contributed by atoms with Crippen molar-refractivity contribution in [3.8, 4) is 11.3 Å². The second kappa shape index (κ2) is 4.64. The van der Waals surface area contributed by atoms with E-state index in [0.717, 1.165) is 0 Å². The second-order valence-electron chi connectivity index (χ2n) is 3.21. The molecule has 0 radical (unpaired) electrons. The van der Waals surface area contributed by atoms with Crippen LogP contribution in [0.25, 0.3) is 11.3 Å². The molecule has 0 aromatic carbocycles. The largest absolute Gasteiger partial charge is 0.451 e. The highest BCUT2D eigenvalue weighted by atomic mass is 32.2. The van der Waals surface area contributed by atoms with Gasteiger partial charge in [-0.2, -0.15) is 0 Å². The second-order valence-corrected chi connectivity index (χ2v) is 4.88. The van der Waals surface area contributed by atoms with E-state index in [1.807, 2.05) is 0 Å². The van der Waals surface area contributed by atoms with E-state index in [-0.39, 0.29) is 5.09 Å². The third kappa shape index (κ3) is 2.34. The summed E-state index contributed by atoms with van der Waals surface area (Å²) in [5.74, 6) is 0. The van der Waals surface area contributed by atoms with Crippen molar-refractivity contribution < 1.29 is 12.8 Å².